The van der Waals surface area contributed by atoms with Gasteiger partial charge in [0, 0.05) is 13.1 Å². The van der Waals surface area contributed by atoms with E-state index in [0.29, 0.717) is 36.9 Å². The molecule has 2 aromatic rings. The van der Waals surface area contributed by atoms with Crippen LogP contribution in [0.1, 0.15) is 33.1 Å². The van der Waals surface area contributed by atoms with E-state index in [1.807, 2.05) is 6.92 Å². The van der Waals surface area contributed by atoms with E-state index in [0.717, 1.165) is 29.8 Å². The number of ether oxygens (including phenoxy) is 2. The molecule has 1 fully saturated rings. The number of carbonyl (C=O) groups excluding carboxylic acids is 1. The third-order valence-electron chi connectivity index (χ3n) is 5.94. The minimum Gasteiger partial charge on any atom is -0.494 e. The van der Waals surface area contributed by atoms with E-state index in [9.17, 15) is 21.6 Å². The van der Waals surface area contributed by atoms with Gasteiger partial charge in [0.2, 0.25) is 26.0 Å². The lowest BCUT2D eigenvalue weighted by Crippen LogP contribution is -2.48. The van der Waals surface area contributed by atoms with Gasteiger partial charge < -0.3 is 14.8 Å². The lowest BCUT2D eigenvalue weighted by atomic mass is 10.2. The van der Waals surface area contributed by atoms with Gasteiger partial charge in [0.25, 0.3) is 0 Å². The minimum absolute atomic E-state index is 0.124. The molecule has 3 rings (SSSR count). The average Bonchev–Trinajstić information content (AvgIpc) is 2.88. The van der Waals surface area contributed by atoms with E-state index in [1.165, 1.54) is 23.4 Å². The zero-order chi connectivity index (χ0) is 27.1. The smallest absolute Gasteiger partial charge is 0.243 e. The Kier molecular flexibility index (Phi) is 9.80. The Bertz CT molecular complexity index is 1240. The maximum absolute atomic E-state index is 12.8. The largest absolute Gasteiger partial charge is 0.494 e. The van der Waals surface area contributed by atoms with Gasteiger partial charge in [-0.25, -0.2) is 16.8 Å². The molecule has 204 valence electrons. The number of hydrogen-bond acceptors (Lipinski definition) is 7. The Hall–Kier alpha value is -2.83. The van der Waals surface area contributed by atoms with Gasteiger partial charge in [-0.15, -0.1) is 0 Å². The normalized spacial score (nSPS) is 15.5. The first-order chi connectivity index (χ1) is 17.5. The molecule has 1 aliphatic heterocycles. The van der Waals surface area contributed by atoms with Crippen molar-refractivity contribution in [3.8, 4) is 11.5 Å². The fourth-order valence-corrected chi connectivity index (χ4v) is 6.81. The van der Waals surface area contributed by atoms with Gasteiger partial charge in [0.1, 0.15) is 24.1 Å². The number of sulfonamides is 2. The predicted molar refractivity (Wildman–Crippen MR) is 142 cm³/mol. The molecule has 1 aliphatic rings. The second kappa shape index (κ2) is 12.6. The van der Waals surface area contributed by atoms with E-state index in [4.69, 9.17) is 9.47 Å². The number of amides is 1. The van der Waals surface area contributed by atoms with Crippen molar-refractivity contribution in [3.05, 3.63) is 48.5 Å². The van der Waals surface area contributed by atoms with E-state index in [2.05, 4.69) is 5.32 Å². The highest BCUT2D eigenvalue weighted by atomic mass is 32.2. The van der Waals surface area contributed by atoms with Crippen LogP contribution in [-0.4, -0.2) is 72.2 Å². The van der Waals surface area contributed by atoms with Crippen LogP contribution < -0.4 is 19.1 Å². The maximum Gasteiger partial charge on any atom is 0.243 e. The highest BCUT2D eigenvalue weighted by molar-refractivity contribution is 7.92. The fourth-order valence-electron chi connectivity index (χ4n) is 4.12. The highest BCUT2D eigenvalue weighted by Gasteiger charge is 2.29. The number of anilines is 1. The van der Waals surface area contributed by atoms with E-state index in [1.54, 1.807) is 36.4 Å². The van der Waals surface area contributed by atoms with Crippen LogP contribution in [0.4, 0.5) is 5.69 Å². The Labute approximate surface area is 219 Å². The van der Waals surface area contributed by atoms with E-state index < -0.39 is 32.0 Å². The molecule has 1 unspecified atom stereocenters. The summed E-state index contributed by atoms with van der Waals surface area (Å²) in [7, 11) is -7.25. The van der Waals surface area contributed by atoms with Gasteiger partial charge in [-0.3, -0.25) is 9.10 Å². The first-order valence-corrected chi connectivity index (χ1v) is 15.6. The molecule has 0 saturated carbocycles. The second-order valence-corrected chi connectivity index (χ2v) is 12.5. The number of hydrogen-bond donors (Lipinski definition) is 1. The monoisotopic (exact) mass is 553 g/mol. The van der Waals surface area contributed by atoms with Crippen LogP contribution >= 0.6 is 0 Å². The molecule has 1 heterocycles. The van der Waals surface area contributed by atoms with Crippen LogP contribution in [0.25, 0.3) is 0 Å². The van der Waals surface area contributed by atoms with Crippen molar-refractivity contribution in [2.75, 3.05) is 43.4 Å². The molecule has 0 aliphatic carbocycles. The maximum atomic E-state index is 12.8. The quantitative estimate of drug-likeness (QED) is 0.401. The topological polar surface area (TPSA) is 122 Å². The van der Waals surface area contributed by atoms with Crippen molar-refractivity contribution in [1.29, 1.82) is 0 Å². The lowest BCUT2D eigenvalue weighted by molar-refractivity contribution is -0.121. The SMILES string of the molecule is CCOc1ccc(N(C(C)C(=O)NCCOc2ccc(S(=O)(=O)N3CCCCC3)cc2)S(C)(=O)=O)cc1. The average molecular weight is 554 g/mol. The predicted octanol–water partition coefficient (Wildman–Crippen LogP) is 2.61. The highest BCUT2D eigenvalue weighted by Crippen LogP contribution is 2.25. The molecular weight excluding hydrogens is 518 g/mol. The van der Waals surface area contributed by atoms with Gasteiger partial charge in [-0.1, -0.05) is 6.42 Å². The zero-order valence-corrected chi connectivity index (χ0v) is 23.1. The third kappa shape index (κ3) is 7.59. The Balaban J connectivity index is 1.53. The molecule has 2 aromatic carbocycles. The van der Waals surface area contributed by atoms with Crippen LogP contribution in [0.15, 0.2) is 53.4 Å². The molecule has 0 spiro atoms. The summed E-state index contributed by atoms with van der Waals surface area (Å²) >= 11 is 0. The fraction of sp³-hybridized carbons (Fsp3) is 0.480. The van der Waals surface area contributed by atoms with Gasteiger partial charge in [0.15, 0.2) is 0 Å². The van der Waals surface area contributed by atoms with Crippen molar-refractivity contribution in [2.45, 2.75) is 44.0 Å². The van der Waals surface area contributed by atoms with Gasteiger partial charge in [-0.2, -0.15) is 4.31 Å². The van der Waals surface area contributed by atoms with E-state index in [-0.39, 0.29) is 18.0 Å². The van der Waals surface area contributed by atoms with Crippen molar-refractivity contribution in [1.82, 2.24) is 9.62 Å². The summed E-state index contributed by atoms with van der Waals surface area (Å²) in [5, 5.41) is 2.69. The first-order valence-electron chi connectivity index (χ1n) is 12.3. The number of carbonyl (C=O) groups is 1. The van der Waals surface area contributed by atoms with Gasteiger partial charge in [-0.05, 0) is 75.2 Å². The van der Waals surface area contributed by atoms with E-state index >= 15 is 0 Å². The van der Waals surface area contributed by atoms with Crippen molar-refractivity contribution in [3.63, 3.8) is 0 Å². The summed E-state index contributed by atoms with van der Waals surface area (Å²) in [6, 6.07) is 11.7. The molecule has 37 heavy (non-hydrogen) atoms. The van der Waals surface area contributed by atoms with Crippen LogP contribution in [0.3, 0.4) is 0 Å². The molecule has 1 saturated heterocycles. The minimum atomic E-state index is -3.74. The summed E-state index contributed by atoms with van der Waals surface area (Å²) in [5.74, 6) is 0.587. The number of piperidine rings is 1. The standard InChI is InChI=1S/C25H35N3O7S2/c1-4-34-22-10-8-21(9-11-22)28(36(3,30)31)20(2)25(29)26-16-19-35-23-12-14-24(15-13-23)37(32,33)27-17-6-5-7-18-27/h8-15,20H,4-7,16-19H2,1-3H3,(H,26,29). The Morgan fingerprint density at radius 2 is 1.51 bits per heavy atom. The lowest BCUT2D eigenvalue weighted by Gasteiger charge is -2.28. The molecule has 1 atom stereocenters. The van der Waals surface area contributed by atoms with Gasteiger partial charge >= 0.3 is 0 Å². The van der Waals surface area contributed by atoms with Crippen LogP contribution in [0.5, 0.6) is 11.5 Å². The summed E-state index contributed by atoms with van der Waals surface area (Å²) in [5.41, 5.74) is 0.351. The Morgan fingerprint density at radius 3 is 2.08 bits per heavy atom. The number of benzene rings is 2. The van der Waals surface area contributed by atoms with Crippen LogP contribution in [-0.2, 0) is 24.8 Å². The van der Waals surface area contributed by atoms with Crippen molar-refractivity contribution in [2.24, 2.45) is 0 Å². The zero-order valence-electron chi connectivity index (χ0n) is 21.4. The third-order valence-corrected chi connectivity index (χ3v) is 9.09. The van der Waals surface area contributed by atoms with Crippen LogP contribution in [0.2, 0.25) is 0 Å². The second-order valence-electron chi connectivity index (χ2n) is 8.74. The molecule has 12 heteroatoms. The number of nitrogens with one attached hydrogen (secondary N) is 1. The molecule has 1 N–H and O–H groups in total. The summed E-state index contributed by atoms with van der Waals surface area (Å²) in [6.45, 7) is 5.18. The van der Waals surface area contributed by atoms with Crippen LogP contribution in [0, 0.1) is 0 Å². The number of nitrogens with zero attached hydrogens (tertiary/aromatic N) is 2. The summed E-state index contributed by atoms with van der Waals surface area (Å²) in [4.78, 5) is 12.9. The molecule has 10 nitrogen and oxygen atoms in total. The molecule has 0 radical (unpaired) electrons. The van der Waals surface area contributed by atoms with Crippen molar-refractivity contribution < 1.29 is 31.1 Å². The first kappa shape index (κ1) is 28.7. The van der Waals surface area contributed by atoms with Gasteiger partial charge in [0.05, 0.1) is 30.0 Å². The summed E-state index contributed by atoms with van der Waals surface area (Å²) in [6.07, 6.45) is 3.83. The summed E-state index contributed by atoms with van der Waals surface area (Å²) < 4.78 is 64.0. The Morgan fingerprint density at radius 1 is 0.946 bits per heavy atom. The molecular formula is C25H35N3O7S2. The van der Waals surface area contributed by atoms with Crippen molar-refractivity contribution >= 4 is 31.6 Å². The molecule has 1 amide bonds. The molecule has 0 bridgehead atoms. The molecule has 0 aromatic heterocycles. The number of rotatable bonds is 12.